The number of hydrogen-bond acceptors (Lipinski definition) is 4. The molecule has 0 aromatic carbocycles. The van der Waals surface area contributed by atoms with Crippen molar-refractivity contribution in [1.82, 2.24) is 9.97 Å². The first-order valence-corrected chi connectivity index (χ1v) is 5.49. The summed E-state index contributed by atoms with van der Waals surface area (Å²) < 4.78 is 5.59. The van der Waals surface area contributed by atoms with Gasteiger partial charge in [-0.3, -0.25) is 9.97 Å². The molecule has 0 unspecified atom stereocenters. The van der Waals surface area contributed by atoms with Crippen LogP contribution in [0, 0.1) is 0 Å². The van der Waals surface area contributed by atoms with Crippen LogP contribution in [0.2, 0.25) is 0 Å². The molecule has 2 heterocycles. The zero-order valence-electron chi connectivity index (χ0n) is 9.92. The standard InChI is InChI=1S/C13H15N3O/c1-9(2)17-12-5-10(6-15-8-12)13-4-3-11(14)7-16-13/h3-9H,14H2,1-2H3. The molecule has 0 amide bonds. The molecule has 0 aliphatic heterocycles. The van der Waals surface area contributed by atoms with E-state index in [4.69, 9.17) is 10.5 Å². The average molecular weight is 229 g/mol. The SMILES string of the molecule is CC(C)Oc1cncc(-c2ccc(N)cn2)c1. The Morgan fingerprint density at radius 3 is 2.65 bits per heavy atom. The Hall–Kier alpha value is -2.10. The fraction of sp³-hybridized carbons (Fsp3) is 0.231. The molecule has 2 rings (SSSR count). The highest BCUT2D eigenvalue weighted by molar-refractivity contribution is 5.61. The molecule has 2 aromatic rings. The number of anilines is 1. The van der Waals surface area contributed by atoms with Gasteiger partial charge in [-0.15, -0.1) is 0 Å². The number of nitrogens with two attached hydrogens (primary N) is 1. The average Bonchev–Trinajstić information content (AvgIpc) is 2.29. The van der Waals surface area contributed by atoms with Gasteiger partial charge in [-0.1, -0.05) is 0 Å². The fourth-order valence-electron chi connectivity index (χ4n) is 1.47. The molecule has 88 valence electrons. The second-order valence-electron chi connectivity index (χ2n) is 4.05. The lowest BCUT2D eigenvalue weighted by atomic mass is 10.2. The van der Waals surface area contributed by atoms with E-state index in [1.807, 2.05) is 32.0 Å². The van der Waals surface area contributed by atoms with Gasteiger partial charge in [0.2, 0.25) is 0 Å². The third kappa shape index (κ3) is 2.93. The molecule has 2 N–H and O–H groups in total. The molecular formula is C13H15N3O. The summed E-state index contributed by atoms with van der Waals surface area (Å²) in [7, 11) is 0. The van der Waals surface area contributed by atoms with Gasteiger partial charge in [0, 0.05) is 11.8 Å². The maximum absolute atomic E-state index is 5.60. The first-order chi connectivity index (χ1) is 8.15. The van der Waals surface area contributed by atoms with Crippen molar-refractivity contribution < 1.29 is 4.74 Å². The maximum atomic E-state index is 5.60. The number of nitrogen functional groups attached to an aromatic ring is 1. The summed E-state index contributed by atoms with van der Waals surface area (Å²) >= 11 is 0. The summed E-state index contributed by atoms with van der Waals surface area (Å²) in [4.78, 5) is 8.39. The van der Waals surface area contributed by atoms with Crippen LogP contribution in [-0.4, -0.2) is 16.1 Å². The van der Waals surface area contributed by atoms with Gasteiger partial charge in [0.1, 0.15) is 5.75 Å². The van der Waals surface area contributed by atoms with Gasteiger partial charge in [0.15, 0.2) is 0 Å². The van der Waals surface area contributed by atoms with E-state index in [1.54, 1.807) is 18.6 Å². The Kier molecular flexibility index (Phi) is 3.23. The van der Waals surface area contributed by atoms with Crippen LogP contribution in [0.5, 0.6) is 5.75 Å². The summed E-state index contributed by atoms with van der Waals surface area (Å²) in [6.45, 7) is 3.96. The lowest BCUT2D eigenvalue weighted by Gasteiger charge is -2.10. The van der Waals surface area contributed by atoms with Crippen molar-refractivity contribution in [2.75, 3.05) is 5.73 Å². The van der Waals surface area contributed by atoms with Crippen molar-refractivity contribution in [2.45, 2.75) is 20.0 Å². The molecule has 0 aliphatic carbocycles. The Labute approximate surface area is 100 Å². The van der Waals surface area contributed by atoms with E-state index < -0.39 is 0 Å². The topological polar surface area (TPSA) is 61.0 Å². The fourth-order valence-corrected chi connectivity index (χ4v) is 1.47. The van der Waals surface area contributed by atoms with E-state index in [0.29, 0.717) is 5.69 Å². The van der Waals surface area contributed by atoms with Gasteiger partial charge in [0.25, 0.3) is 0 Å². The maximum Gasteiger partial charge on any atom is 0.138 e. The van der Waals surface area contributed by atoms with Crippen molar-refractivity contribution >= 4 is 5.69 Å². The van der Waals surface area contributed by atoms with Crippen LogP contribution in [0.4, 0.5) is 5.69 Å². The van der Waals surface area contributed by atoms with E-state index in [9.17, 15) is 0 Å². The smallest absolute Gasteiger partial charge is 0.138 e. The first kappa shape index (κ1) is 11.4. The quantitative estimate of drug-likeness (QED) is 0.878. The highest BCUT2D eigenvalue weighted by Gasteiger charge is 2.03. The predicted molar refractivity (Wildman–Crippen MR) is 67.6 cm³/mol. The predicted octanol–water partition coefficient (Wildman–Crippen LogP) is 2.51. The molecule has 0 radical (unpaired) electrons. The Morgan fingerprint density at radius 1 is 1.18 bits per heavy atom. The molecule has 4 heteroatoms. The molecule has 0 saturated heterocycles. The molecule has 0 aliphatic rings. The number of hydrogen-bond donors (Lipinski definition) is 1. The van der Waals surface area contributed by atoms with Crippen molar-refractivity contribution in [1.29, 1.82) is 0 Å². The summed E-state index contributed by atoms with van der Waals surface area (Å²) in [5.41, 5.74) is 8.00. The van der Waals surface area contributed by atoms with Crippen LogP contribution in [0.3, 0.4) is 0 Å². The van der Waals surface area contributed by atoms with Crippen LogP contribution in [-0.2, 0) is 0 Å². The van der Waals surface area contributed by atoms with Crippen molar-refractivity contribution in [3.8, 4) is 17.0 Å². The summed E-state index contributed by atoms with van der Waals surface area (Å²) in [5.74, 6) is 0.746. The van der Waals surface area contributed by atoms with Gasteiger partial charge in [0.05, 0.1) is 29.9 Å². The minimum atomic E-state index is 0.131. The molecule has 0 spiro atoms. The van der Waals surface area contributed by atoms with E-state index in [2.05, 4.69) is 9.97 Å². The molecular weight excluding hydrogens is 214 g/mol. The van der Waals surface area contributed by atoms with Crippen LogP contribution < -0.4 is 10.5 Å². The Morgan fingerprint density at radius 2 is 2.00 bits per heavy atom. The summed E-state index contributed by atoms with van der Waals surface area (Å²) in [6.07, 6.45) is 5.21. The van der Waals surface area contributed by atoms with Crippen LogP contribution in [0.25, 0.3) is 11.3 Å². The van der Waals surface area contributed by atoms with Gasteiger partial charge in [-0.25, -0.2) is 0 Å². The zero-order chi connectivity index (χ0) is 12.3. The lowest BCUT2D eigenvalue weighted by molar-refractivity contribution is 0.241. The van der Waals surface area contributed by atoms with Crippen LogP contribution in [0.15, 0.2) is 36.8 Å². The molecule has 0 atom stereocenters. The second kappa shape index (κ2) is 4.82. The van der Waals surface area contributed by atoms with Gasteiger partial charge < -0.3 is 10.5 Å². The number of ether oxygens (including phenoxy) is 1. The van der Waals surface area contributed by atoms with Crippen LogP contribution >= 0.6 is 0 Å². The molecule has 0 saturated carbocycles. The molecule has 2 aromatic heterocycles. The number of nitrogens with zero attached hydrogens (tertiary/aromatic N) is 2. The highest BCUT2D eigenvalue weighted by atomic mass is 16.5. The van der Waals surface area contributed by atoms with Gasteiger partial charge >= 0.3 is 0 Å². The Bertz CT molecular complexity index is 494. The third-order valence-corrected chi connectivity index (χ3v) is 2.17. The molecule has 17 heavy (non-hydrogen) atoms. The van der Waals surface area contributed by atoms with Gasteiger partial charge in [-0.05, 0) is 32.0 Å². The van der Waals surface area contributed by atoms with E-state index in [-0.39, 0.29) is 6.10 Å². The monoisotopic (exact) mass is 229 g/mol. The van der Waals surface area contributed by atoms with Gasteiger partial charge in [-0.2, -0.15) is 0 Å². The van der Waals surface area contributed by atoms with E-state index >= 15 is 0 Å². The van der Waals surface area contributed by atoms with E-state index in [1.165, 1.54) is 0 Å². The summed E-state index contributed by atoms with van der Waals surface area (Å²) in [6, 6.07) is 5.61. The number of pyridine rings is 2. The highest BCUT2D eigenvalue weighted by Crippen LogP contribution is 2.21. The normalized spacial score (nSPS) is 10.5. The van der Waals surface area contributed by atoms with E-state index in [0.717, 1.165) is 17.0 Å². The van der Waals surface area contributed by atoms with Crippen LogP contribution in [0.1, 0.15) is 13.8 Å². The first-order valence-electron chi connectivity index (χ1n) is 5.49. The number of rotatable bonds is 3. The third-order valence-electron chi connectivity index (χ3n) is 2.17. The lowest BCUT2D eigenvalue weighted by Crippen LogP contribution is -2.05. The molecule has 4 nitrogen and oxygen atoms in total. The minimum absolute atomic E-state index is 0.131. The largest absolute Gasteiger partial charge is 0.489 e. The summed E-state index contributed by atoms with van der Waals surface area (Å²) in [5, 5.41) is 0. The van der Waals surface area contributed by atoms with Crippen molar-refractivity contribution in [3.05, 3.63) is 36.8 Å². The Balaban J connectivity index is 2.29. The van der Waals surface area contributed by atoms with Crippen molar-refractivity contribution in [3.63, 3.8) is 0 Å². The number of aromatic nitrogens is 2. The van der Waals surface area contributed by atoms with Crippen molar-refractivity contribution in [2.24, 2.45) is 0 Å². The zero-order valence-corrected chi connectivity index (χ0v) is 9.92. The second-order valence-corrected chi connectivity index (χ2v) is 4.05. The minimum Gasteiger partial charge on any atom is -0.489 e. The molecule has 0 bridgehead atoms. The molecule has 0 fully saturated rings.